The average Bonchev–Trinajstić information content (AvgIpc) is 3.12. The van der Waals surface area contributed by atoms with E-state index in [1.807, 2.05) is 0 Å². The Hall–Kier alpha value is -1.85. The molecule has 0 aliphatic carbocycles. The molecule has 0 N–H and O–H groups in total. The van der Waals surface area contributed by atoms with E-state index >= 15 is 0 Å². The molecule has 0 atom stereocenters. The van der Waals surface area contributed by atoms with Crippen molar-refractivity contribution in [1.29, 1.82) is 0 Å². The highest BCUT2D eigenvalue weighted by Crippen LogP contribution is 2.32. The number of carbonyl (C=O) groups is 1. The molecule has 8 nitrogen and oxygen atoms in total. The van der Waals surface area contributed by atoms with Crippen LogP contribution in [0.4, 0.5) is 5.69 Å². The first-order chi connectivity index (χ1) is 15.1. The van der Waals surface area contributed by atoms with Gasteiger partial charge < -0.3 is 4.90 Å². The van der Waals surface area contributed by atoms with Crippen LogP contribution in [-0.4, -0.2) is 70.4 Å². The molecular weight excluding hydrogens is 497 g/mol. The highest BCUT2D eigenvalue weighted by molar-refractivity contribution is 7.93. The SMILES string of the molecule is O=C(c1ccc(N2CCCS2(=O)=O)cc1)N1CCN(S(=O)(=O)c2c(Cl)cccc2Cl)CC1. The first-order valence-electron chi connectivity index (χ1n) is 9.95. The smallest absolute Gasteiger partial charge is 0.253 e. The van der Waals surface area contributed by atoms with Gasteiger partial charge in [-0.25, -0.2) is 16.8 Å². The van der Waals surface area contributed by atoms with E-state index in [0.717, 1.165) is 0 Å². The van der Waals surface area contributed by atoms with Crippen molar-refractivity contribution in [1.82, 2.24) is 9.21 Å². The number of piperazine rings is 1. The summed E-state index contributed by atoms with van der Waals surface area (Å²) in [5.41, 5.74) is 0.947. The van der Waals surface area contributed by atoms with Gasteiger partial charge >= 0.3 is 0 Å². The van der Waals surface area contributed by atoms with Crippen LogP contribution in [0.15, 0.2) is 47.4 Å². The zero-order valence-electron chi connectivity index (χ0n) is 16.9. The van der Waals surface area contributed by atoms with Crippen LogP contribution in [0.1, 0.15) is 16.8 Å². The van der Waals surface area contributed by atoms with Gasteiger partial charge in [-0.05, 0) is 42.8 Å². The molecule has 0 aromatic heterocycles. The van der Waals surface area contributed by atoms with Gasteiger partial charge in [-0.3, -0.25) is 9.10 Å². The van der Waals surface area contributed by atoms with Crippen molar-refractivity contribution in [2.24, 2.45) is 0 Å². The van der Waals surface area contributed by atoms with Crippen molar-refractivity contribution in [3.63, 3.8) is 0 Å². The molecule has 2 aromatic carbocycles. The minimum atomic E-state index is -3.89. The van der Waals surface area contributed by atoms with Crippen molar-refractivity contribution in [3.05, 3.63) is 58.1 Å². The Morgan fingerprint density at radius 2 is 1.47 bits per heavy atom. The minimum absolute atomic E-state index is 0.0520. The van der Waals surface area contributed by atoms with Gasteiger partial charge in [0.2, 0.25) is 20.0 Å². The fraction of sp³-hybridized carbons (Fsp3) is 0.350. The molecule has 172 valence electrons. The van der Waals surface area contributed by atoms with Crippen molar-refractivity contribution < 1.29 is 21.6 Å². The average molecular weight is 518 g/mol. The van der Waals surface area contributed by atoms with Gasteiger partial charge in [-0.2, -0.15) is 4.31 Å². The van der Waals surface area contributed by atoms with Crippen LogP contribution in [0.2, 0.25) is 10.0 Å². The largest absolute Gasteiger partial charge is 0.336 e. The maximum atomic E-state index is 13.0. The Morgan fingerprint density at radius 1 is 0.875 bits per heavy atom. The lowest BCUT2D eigenvalue weighted by Gasteiger charge is -2.34. The zero-order valence-corrected chi connectivity index (χ0v) is 20.1. The van der Waals surface area contributed by atoms with E-state index in [2.05, 4.69) is 0 Å². The van der Waals surface area contributed by atoms with Gasteiger partial charge in [0, 0.05) is 38.3 Å². The topological polar surface area (TPSA) is 95.1 Å². The summed E-state index contributed by atoms with van der Waals surface area (Å²) in [4.78, 5) is 14.3. The molecule has 0 radical (unpaired) electrons. The molecule has 2 aliphatic rings. The molecule has 32 heavy (non-hydrogen) atoms. The summed E-state index contributed by atoms with van der Waals surface area (Å²) in [6.45, 7) is 1.08. The summed E-state index contributed by atoms with van der Waals surface area (Å²) in [5, 5.41) is 0.104. The number of rotatable bonds is 4. The van der Waals surface area contributed by atoms with Gasteiger partial charge in [0.05, 0.1) is 21.5 Å². The van der Waals surface area contributed by atoms with Crippen molar-refractivity contribution in [2.45, 2.75) is 11.3 Å². The minimum Gasteiger partial charge on any atom is -0.336 e. The van der Waals surface area contributed by atoms with E-state index < -0.39 is 20.0 Å². The first-order valence-corrected chi connectivity index (χ1v) is 13.8. The van der Waals surface area contributed by atoms with E-state index in [1.54, 1.807) is 35.2 Å². The molecule has 2 aliphatic heterocycles. The molecular formula is C20H21Cl2N3O5S2. The van der Waals surface area contributed by atoms with E-state index in [4.69, 9.17) is 23.2 Å². The Labute approximate surface area is 197 Å². The van der Waals surface area contributed by atoms with Crippen LogP contribution in [0, 0.1) is 0 Å². The number of benzene rings is 2. The molecule has 2 heterocycles. The predicted octanol–water partition coefficient (Wildman–Crippen LogP) is 2.68. The van der Waals surface area contributed by atoms with Crippen LogP contribution in [0.25, 0.3) is 0 Å². The number of carbonyl (C=O) groups excluding carboxylic acids is 1. The second-order valence-corrected chi connectivity index (χ2v) is 12.2. The molecule has 2 aromatic rings. The normalized spacial score (nSPS) is 19.3. The molecule has 0 spiro atoms. The standard InChI is InChI=1S/C20H21Cl2N3O5S2/c21-17-3-1-4-18(22)19(17)32(29,30)24-12-10-23(11-13-24)20(26)15-5-7-16(8-6-15)25-9-2-14-31(25,27)28/h1,3-8H,2,9-14H2. The van der Waals surface area contributed by atoms with Crippen LogP contribution >= 0.6 is 23.2 Å². The number of anilines is 1. The molecule has 0 saturated carbocycles. The highest BCUT2D eigenvalue weighted by atomic mass is 35.5. The Kier molecular flexibility index (Phi) is 6.43. The lowest BCUT2D eigenvalue weighted by Crippen LogP contribution is -2.50. The lowest BCUT2D eigenvalue weighted by molar-refractivity contribution is 0.0698. The summed E-state index contributed by atoms with van der Waals surface area (Å²) < 4.78 is 52.7. The van der Waals surface area contributed by atoms with Gasteiger partial charge in [-0.1, -0.05) is 29.3 Å². The highest BCUT2D eigenvalue weighted by Gasteiger charge is 2.33. The van der Waals surface area contributed by atoms with Crippen LogP contribution in [0.5, 0.6) is 0 Å². The number of halogens is 2. The Balaban J connectivity index is 1.44. The number of nitrogens with zero attached hydrogens (tertiary/aromatic N) is 3. The van der Waals surface area contributed by atoms with Gasteiger partial charge in [-0.15, -0.1) is 0 Å². The number of hydrogen-bond acceptors (Lipinski definition) is 5. The predicted molar refractivity (Wildman–Crippen MR) is 123 cm³/mol. The van der Waals surface area contributed by atoms with E-state index in [1.165, 1.54) is 20.7 Å². The van der Waals surface area contributed by atoms with E-state index in [-0.39, 0.29) is 52.8 Å². The molecule has 4 rings (SSSR count). The third-order valence-electron chi connectivity index (χ3n) is 5.54. The van der Waals surface area contributed by atoms with Crippen LogP contribution in [-0.2, 0) is 20.0 Å². The summed E-state index contributed by atoms with van der Waals surface area (Å²) in [5.74, 6) is -0.117. The number of amides is 1. The second-order valence-electron chi connectivity index (χ2n) is 7.54. The van der Waals surface area contributed by atoms with Crippen LogP contribution < -0.4 is 4.31 Å². The second kappa shape index (κ2) is 8.83. The molecule has 2 fully saturated rings. The quantitative estimate of drug-likeness (QED) is 0.621. The number of sulfonamides is 2. The van der Waals surface area contributed by atoms with Gasteiger partial charge in [0.25, 0.3) is 5.91 Å². The Bertz CT molecular complexity index is 1220. The van der Waals surface area contributed by atoms with Crippen molar-refractivity contribution in [3.8, 4) is 0 Å². The maximum absolute atomic E-state index is 13.0. The fourth-order valence-electron chi connectivity index (χ4n) is 3.87. The van der Waals surface area contributed by atoms with E-state index in [0.29, 0.717) is 24.2 Å². The van der Waals surface area contributed by atoms with Crippen molar-refractivity contribution in [2.75, 3.05) is 42.8 Å². The zero-order chi connectivity index (χ0) is 23.1. The molecule has 0 bridgehead atoms. The van der Waals surface area contributed by atoms with Crippen LogP contribution in [0.3, 0.4) is 0 Å². The monoisotopic (exact) mass is 517 g/mol. The third kappa shape index (κ3) is 4.34. The Morgan fingerprint density at radius 3 is 2.00 bits per heavy atom. The maximum Gasteiger partial charge on any atom is 0.253 e. The summed E-state index contributed by atoms with van der Waals surface area (Å²) in [7, 11) is -7.18. The first kappa shape index (κ1) is 23.3. The van der Waals surface area contributed by atoms with Gasteiger partial charge in [0.1, 0.15) is 4.90 Å². The lowest BCUT2D eigenvalue weighted by atomic mass is 10.1. The molecule has 1 amide bonds. The van der Waals surface area contributed by atoms with E-state index in [9.17, 15) is 21.6 Å². The molecule has 0 unspecified atom stereocenters. The number of hydrogen-bond donors (Lipinski definition) is 0. The molecule has 2 saturated heterocycles. The molecule has 12 heteroatoms. The summed E-state index contributed by atoms with van der Waals surface area (Å²) in [6.07, 6.45) is 0.579. The van der Waals surface area contributed by atoms with Gasteiger partial charge in [0.15, 0.2) is 0 Å². The third-order valence-corrected chi connectivity index (χ3v) is 10.3. The summed E-state index contributed by atoms with van der Waals surface area (Å²) >= 11 is 12.1. The fourth-order valence-corrected chi connectivity index (χ4v) is 7.95. The van der Waals surface area contributed by atoms with Crippen molar-refractivity contribution >= 4 is 54.8 Å². The summed E-state index contributed by atoms with van der Waals surface area (Å²) in [6, 6.07) is 10.9.